The predicted molar refractivity (Wildman–Crippen MR) is 149 cm³/mol. The molecule has 2 aliphatic heterocycles. The monoisotopic (exact) mass is 511 g/mol. The molecule has 0 unspecified atom stereocenters. The summed E-state index contributed by atoms with van der Waals surface area (Å²) in [6.07, 6.45) is 15.5. The van der Waals surface area contributed by atoms with Gasteiger partial charge in [0.2, 0.25) is 11.5 Å². The third-order valence-electron chi connectivity index (χ3n) is 6.95. The summed E-state index contributed by atoms with van der Waals surface area (Å²) < 4.78 is 17.2. The molecule has 3 aliphatic rings. The van der Waals surface area contributed by atoms with Crippen LogP contribution in [0.25, 0.3) is 0 Å². The van der Waals surface area contributed by atoms with Crippen LogP contribution >= 0.6 is 0 Å². The number of hydrogen-bond acceptors (Lipinski definition) is 6. The van der Waals surface area contributed by atoms with Crippen LogP contribution in [0.2, 0.25) is 0 Å². The number of carbonyl (C=O) groups is 1. The molecule has 0 aromatic heterocycles. The molecule has 1 aromatic rings. The Morgan fingerprint density at radius 2 is 2.00 bits per heavy atom. The fourth-order valence-electron chi connectivity index (χ4n) is 5.04. The lowest BCUT2D eigenvalue weighted by molar-refractivity contribution is -0.0439. The van der Waals surface area contributed by atoms with Crippen molar-refractivity contribution in [3.05, 3.63) is 54.3 Å². The maximum Gasteiger partial charge on any atom is 0.254 e. The fraction of sp³-hybridized carbons (Fsp3) is 0.567. The Morgan fingerprint density at radius 3 is 2.59 bits per heavy atom. The van der Waals surface area contributed by atoms with Crippen LogP contribution in [-0.2, 0) is 0 Å². The second kappa shape index (κ2) is 13.0. The summed E-state index contributed by atoms with van der Waals surface area (Å²) in [5.41, 5.74) is 6.90. The van der Waals surface area contributed by atoms with Gasteiger partial charge in [-0.25, -0.2) is 0 Å². The van der Waals surface area contributed by atoms with Gasteiger partial charge in [-0.15, -0.1) is 0 Å². The van der Waals surface area contributed by atoms with Crippen LogP contribution in [-0.4, -0.2) is 60.3 Å². The summed E-state index contributed by atoms with van der Waals surface area (Å²) in [4.78, 5) is 17.9. The highest BCUT2D eigenvalue weighted by Crippen LogP contribution is 2.46. The van der Waals surface area contributed by atoms with Crippen molar-refractivity contribution in [1.29, 1.82) is 0 Å². The first kappa shape index (κ1) is 28.6. The van der Waals surface area contributed by atoms with Gasteiger partial charge in [0.05, 0.1) is 13.7 Å². The Labute approximate surface area is 222 Å². The van der Waals surface area contributed by atoms with Crippen LogP contribution in [0, 0.1) is 0 Å². The molecule has 204 valence electrons. The van der Waals surface area contributed by atoms with Crippen LogP contribution in [0.3, 0.4) is 0 Å². The van der Waals surface area contributed by atoms with Gasteiger partial charge in [-0.3, -0.25) is 9.69 Å². The first-order chi connectivity index (χ1) is 17.7. The summed E-state index contributed by atoms with van der Waals surface area (Å²) in [7, 11) is 1.56. The molecule has 7 nitrogen and oxygen atoms in total. The van der Waals surface area contributed by atoms with E-state index in [0.29, 0.717) is 53.7 Å². The highest BCUT2D eigenvalue weighted by molar-refractivity contribution is 5.96. The Hall–Kier alpha value is -2.93. The van der Waals surface area contributed by atoms with Crippen LogP contribution in [0.4, 0.5) is 0 Å². The highest BCUT2D eigenvalue weighted by atomic mass is 16.7. The van der Waals surface area contributed by atoms with Crippen molar-refractivity contribution in [3.8, 4) is 17.2 Å². The minimum Gasteiger partial charge on any atom is -0.493 e. The maximum absolute atomic E-state index is 13.5. The summed E-state index contributed by atoms with van der Waals surface area (Å²) in [5.74, 6) is 0.642. The molecule has 1 amide bonds. The zero-order valence-corrected chi connectivity index (χ0v) is 23.3. The van der Waals surface area contributed by atoms with Crippen molar-refractivity contribution in [2.24, 2.45) is 5.73 Å². The molecule has 4 rings (SSSR count). The second-order valence-electron chi connectivity index (χ2n) is 10.4. The number of methoxy groups -OCH3 is 1. The van der Waals surface area contributed by atoms with E-state index in [1.807, 2.05) is 37.8 Å². The molecular weight excluding hydrogens is 466 g/mol. The average Bonchev–Trinajstić information content (AvgIpc) is 3.39. The summed E-state index contributed by atoms with van der Waals surface area (Å²) in [5, 5.41) is 0. The zero-order valence-electron chi connectivity index (χ0n) is 23.3. The SMILES string of the molecule is C/C=C\C=C/CC.C=C(N)CN(C[C@@H]1CCCN1C1CCC1)C(=O)c1cc(OC)c2c(c1)OC(C)(C)O2. The molecule has 1 saturated heterocycles. The number of allylic oxidation sites excluding steroid dienone is 4. The van der Waals surface area contributed by atoms with Crippen molar-refractivity contribution >= 4 is 5.91 Å². The quantitative estimate of drug-likeness (QED) is 0.431. The van der Waals surface area contributed by atoms with Gasteiger partial charge >= 0.3 is 0 Å². The van der Waals surface area contributed by atoms with Crippen molar-refractivity contribution < 1.29 is 19.0 Å². The van der Waals surface area contributed by atoms with Crippen LogP contribution in [0.15, 0.2) is 48.7 Å². The van der Waals surface area contributed by atoms with Gasteiger partial charge in [0.15, 0.2) is 11.5 Å². The number of rotatable bonds is 9. The Balaban J connectivity index is 0.000000479. The molecule has 2 fully saturated rings. The zero-order chi connectivity index (χ0) is 27.0. The minimum atomic E-state index is -0.796. The fourth-order valence-corrected chi connectivity index (χ4v) is 5.04. The van der Waals surface area contributed by atoms with Crippen molar-refractivity contribution in [3.63, 3.8) is 0 Å². The van der Waals surface area contributed by atoms with E-state index in [1.165, 1.54) is 25.7 Å². The molecule has 1 atom stereocenters. The normalized spacial score (nSPS) is 20.5. The molecule has 1 aliphatic carbocycles. The molecule has 0 bridgehead atoms. The van der Waals surface area contributed by atoms with Crippen molar-refractivity contribution in [2.45, 2.75) is 84.1 Å². The van der Waals surface area contributed by atoms with Gasteiger partial charge in [0, 0.05) is 43.7 Å². The molecular formula is C30H45N3O4. The molecule has 37 heavy (non-hydrogen) atoms. The highest BCUT2D eigenvalue weighted by Gasteiger charge is 2.37. The van der Waals surface area contributed by atoms with Gasteiger partial charge in [-0.05, 0) is 57.7 Å². The third-order valence-corrected chi connectivity index (χ3v) is 6.95. The van der Waals surface area contributed by atoms with E-state index < -0.39 is 5.79 Å². The predicted octanol–water partition coefficient (Wildman–Crippen LogP) is 5.66. The van der Waals surface area contributed by atoms with Crippen LogP contribution < -0.4 is 19.9 Å². The standard InChI is InChI=1S/C23H33N3O4.C7H12/c1-15(24)13-25(14-18-9-6-10-26(18)17-7-5-8-17)22(27)16-11-19(28-4)21-20(12-16)29-23(2,3)30-21;1-3-5-7-6-4-2/h11-12,17-18H,1,5-10,13-14,24H2,2-4H3;3,5-7H,4H2,1-2H3/b;5-3-,7-6-/t18-;/m0./s1. The molecule has 1 saturated carbocycles. The van der Waals surface area contributed by atoms with E-state index in [-0.39, 0.29) is 5.91 Å². The van der Waals surface area contributed by atoms with Gasteiger partial charge in [-0.2, -0.15) is 0 Å². The molecule has 0 radical (unpaired) electrons. The van der Waals surface area contributed by atoms with Gasteiger partial charge in [0.1, 0.15) is 0 Å². The molecule has 0 spiro atoms. The lowest BCUT2D eigenvalue weighted by atomic mass is 9.91. The second-order valence-corrected chi connectivity index (χ2v) is 10.4. The van der Waals surface area contributed by atoms with Crippen LogP contribution in [0.1, 0.15) is 76.6 Å². The van der Waals surface area contributed by atoms with Crippen molar-refractivity contribution in [2.75, 3.05) is 26.7 Å². The largest absolute Gasteiger partial charge is 0.493 e. The van der Waals surface area contributed by atoms with E-state index in [0.717, 1.165) is 19.4 Å². The summed E-state index contributed by atoms with van der Waals surface area (Å²) in [6, 6.07) is 4.49. The molecule has 2 N–H and O–H groups in total. The lowest BCUT2D eigenvalue weighted by Crippen LogP contribution is -2.49. The maximum atomic E-state index is 13.5. The van der Waals surface area contributed by atoms with Crippen LogP contribution in [0.5, 0.6) is 17.2 Å². The third kappa shape index (κ3) is 7.54. The van der Waals surface area contributed by atoms with E-state index in [4.69, 9.17) is 19.9 Å². The number of nitrogens with zero attached hydrogens (tertiary/aromatic N) is 2. The van der Waals surface area contributed by atoms with E-state index >= 15 is 0 Å². The number of fused-ring (bicyclic) bond motifs is 1. The minimum absolute atomic E-state index is 0.100. The number of carbonyl (C=O) groups excluding carboxylic acids is 1. The smallest absolute Gasteiger partial charge is 0.254 e. The van der Waals surface area contributed by atoms with Gasteiger partial charge in [-0.1, -0.05) is 44.2 Å². The number of amides is 1. The average molecular weight is 512 g/mol. The van der Waals surface area contributed by atoms with Crippen molar-refractivity contribution in [1.82, 2.24) is 9.80 Å². The molecule has 2 heterocycles. The Kier molecular flexibility index (Phi) is 10.1. The van der Waals surface area contributed by atoms with E-state index in [9.17, 15) is 4.79 Å². The molecule has 7 heteroatoms. The summed E-state index contributed by atoms with van der Waals surface area (Å²) in [6.45, 7) is 13.7. The van der Waals surface area contributed by atoms with E-state index in [1.54, 1.807) is 19.2 Å². The number of nitrogens with two attached hydrogens (primary N) is 1. The number of likely N-dealkylation sites (tertiary alicyclic amines) is 1. The topological polar surface area (TPSA) is 77.3 Å². The lowest BCUT2D eigenvalue weighted by Gasteiger charge is -2.40. The first-order valence-corrected chi connectivity index (χ1v) is 13.5. The number of hydrogen-bond donors (Lipinski definition) is 1. The number of ether oxygens (including phenoxy) is 3. The first-order valence-electron chi connectivity index (χ1n) is 13.5. The number of benzene rings is 1. The Bertz CT molecular complexity index is 997. The molecule has 1 aromatic carbocycles. The van der Waals surface area contributed by atoms with Gasteiger partial charge in [0.25, 0.3) is 5.91 Å². The Morgan fingerprint density at radius 1 is 1.24 bits per heavy atom. The summed E-state index contributed by atoms with van der Waals surface area (Å²) >= 11 is 0. The van der Waals surface area contributed by atoms with Gasteiger partial charge < -0.3 is 24.8 Å². The van der Waals surface area contributed by atoms with E-state index in [2.05, 4.69) is 30.6 Å².